The summed E-state index contributed by atoms with van der Waals surface area (Å²) in [5, 5.41) is 23.3. The number of aliphatic hydroxyl groups excluding tert-OH is 2. The number of ether oxygens (including phenoxy) is 1. The van der Waals surface area contributed by atoms with Crippen molar-refractivity contribution in [2.75, 3.05) is 13.2 Å². The Labute approximate surface area is 487 Å². The number of unbranched alkanes of at least 4 members (excludes halogenated alkanes) is 51. The third-order valence-corrected chi connectivity index (χ3v) is 16.4. The largest absolute Gasteiger partial charge is 0.466 e. The molecule has 0 fully saturated rings. The summed E-state index contributed by atoms with van der Waals surface area (Å²) in [6.45, 7) is 4.92. The topological polar surface area (TPSA) is 95.9 Å². The van der Waals surface area contributed by atoms with Crippen LogP contribution in [0.4, 0.5) is 0 Å². The average molecular weight is 1100 g/mol. The molecule has 0 spiro atoms. The molecular formula is C72H137NO5. The molecule has 1 amide bonds. The number of carbonyl (C=O) groups is 2. The second kappa shape index (κ2) is 67.6. The molecule has 0 aliphatic rings. The molecule has 0 saturated heterocycles. The quantitative estimate of drug-likeness (QED) is 0.0320. The summed E-state index contributed by atoms with van der Waals surface area (Å²) in [5.74, 6) is -0.0741. The first kappa shape index (κ1) is 76.1. The Balaban J connectivity index is 3.46. The van der Waals surface area contributed by atoms with E-state index in [1.807, 2.05) is 6.08 Å². The fourth-order valence-electron chi connectivity index (χ4n) is 11.0. The summed E-state index contributed by atoms with van der Waals surface area (Å²) in [7, 11) is 0. The smallest absolute Gasteiger partial charge is 0.305 e. The highest BCUT2D eigenvalue weighted by Gasteiger charge is 2.18. The molecule has 0 heterocycles. The maximum absolute atomic E-state index is 12.5. The maximum atomic E-state index is 12.5. The van der Waals surface area contributed by atoms with Crippen molar-refractivity contribution >= 4 is 11.9 Å². The highest BCUT2D eigenvalue weighted by molar-refractivity contribution is 5.76. The minimum Gasteiger partial charge on any atom is -0.466 e. The Hall–Kier alpha value is -1.92. The van der Waals surface area contributed by atoms with Gasteiger partial charge in [0.1, 0.15) is 0 Å². The number of hydrogen-bond donors (Lipinski definition) is 3. The molecule has 0 aromatic rings. The maximum Gasteiger partial charge on any atom is 0.305 e. The molecule has 2 atom stereocenters. The van der Waals surface area contributed by atoms with Crippen molar-refractivity contribution in [3.63, 3.8) is 0 Å². The Morgan fingerprint density at radius 1 is 0.346 bits per heavy atom. The minimum atomic E-state index is -0.852. The zero-order chi connectivity index (χ0) is 56.4. The standard InChI is InChI=1S/C72H137NO5/c1-3-5-7-9-11-13-15-17-19-21-22-23-24-25-26-27-30-33-36-40-44-48-52-56-60-64-70(75)69(68-74)73-71(76)65-61-57-53-49-45-41-37-34-31-28-29-32-35-39-43-47-51-55-59-63-67-78-72(77)66-62-58-54-50-46-42-38-20-18-16-14-12-10-8-6-4-2/h20,28,31,38,60,64,69-70,74-75H,3-19,21-27,29-30,32-37,39-59,61-63,65-68H2,1-2H3,(H,73,76)/b31-28-,38-20-,64-60+. The molecular weight excluding hydrogens is 959 g/mol. The van der Waals surface area contributed by atoms with Crippen LogP contribution in [0.2, 0.25) is 0 Å². The van der Waals surface area contributed by atoms with E-state index in [1.54, 1.807) is 6.08 Å². The van der Waals surface area contributed by atoms with Gasteiger partial charge in [0.15, 0.2) is 0 Å². The number of rotatable bonds is 66. The van der Waals surface area contributed by atoms with Crippen LogP contribution < -0.4 is 5.32 Å². The van der Waals surface area contributed by atoms with Crippen molar-refractivity contribution in [1.82, 2.24) is 5.32 Å². The van der Waals surface area contributed by atoms with Gasteiger partial charge in [0.05, 0.1) is 25.4 Å². The van der Waals surface area contributed by atoms with Crippen LogP contribution in [0.25, 0.3) is 0 Å². The molecule has 0 aliphatic heterocycles. The van der Waals surface area contributed by atoms with Crippen molar-refractivity contribution in [2.45, 2.75) is 398 Å². The first-order valence-electron chi connectivity index (χ1n) is 35.3. The van der Waals surface area contributed by atoms with Gasteiger partial charge in [-0.15, -0.1) is 0 Å². The first-order chi connectivity index (χ1) is 38.5. The SMILES string of the molecule is CCCCCCCCC/C=C\CCCCCCCC(=O)OCCCCCCCCCCC/C=C\CCCCCCCCCC(=O)NC(CO)C(O)/C=C/CCCCCCCCCCCCCCCCCCCCCCCCC. The van der Waals surface area contributed by atoms with E-state index in [0.717, 1.165) is 51.4 Å². The van der Waals surface area contributed by atoms with Gasteiger partial charge in [-0.2, -0.15) is 0 Å². The van der Waals surface area contributed by atoms with E-state index in [9.17, 15) is 19.8 Å². The van der Waals surface area contributed by atoms with Crippen LogP contribution in [-0.2, 0) is 14.3 Å². The van der Waals surface area contributed by atoms with E-state index in [-0.39, 0.29) is 18.5 Å². The van der Waals surface area contributed by atoms with Gasteiger partial charge in [-0.3, -0.25) is 9.59 Å². The van der Waals surface area contributed by atoms with Gasteiger partial charge in [-0.25, -0.2) is 0 Å². The van der Waals surface area contributed by atoms with E-state index in [1.165, 1.54) is 308 Å². The van der Waals surface area contributed by atoms with Gasteiger partial charge >= 0.3 is 5.97 Å². The summed E-state index contributed by atoms with van der Waals surface area (Å²) in [6.07, 6.45) is 86.4. The lowest BCUT2D eigenvalue weighted by Crippen LogP contribution is -2.45. The van der Waals surface area contributed by atoms with Crippen LogP contribution >= 0.6 is 0 Å². The van der Waals surface area contributed by atoms with Gasteiger partial charge < -0.3 is 20.3 Å². The van der Waals surface area contributed by atoms with Crippen molar-refractivity contribution < 1.29 is 24.5 Å². The normalized spacial score (nSPS) is 12.7. The molecule has 0 saturated carbocycles. The molecule has 0 aromatic carbocycles. The predicted molar refractivity (Wildman–Crippen MR) is 343 cm³/mol. The van der Waals surface area contributed by atoms with Gasteiger partial charge in [0, 0.05) is 12.8 Å². The van der Waals surface area contributed by atoms with E-state index >= 15 is 0 Å². The van der Waals surface area contributed by atoms with Gasteiger partial charge in [-0.05, 0) is 83.5 Å². The van der Waals surface area contributed by atoms with Crippen molar-refractivity contribution in [1.29, 1.82) is 0 Å². The number of carbonyl (C=O) groups excluding carboxylic acids is 2. The molecule has 460 valence electrons. The second-order valence-corrected chi connectivity index (χ2v) is 24.2. The predicted octanol–water partition coefficient (Wildman–Crippen LogP) is 22.7. The third kappa shape index (κ3) is 63.3. The van der Waals surface area contributed by atoms with Crippen molar-refractivity contribution in [3.05, 3.63) is 36.5 Å². The molecule has 2 unspecified atom stereocenters. The Bertz CT molecular complexity index is 1260. The van der Waals surface area contributed by atoms with Gasteiger partial charge in [0.25, 0.3) is 0 Å². The Kier molecular flexibility index (Phi) is 65.9. The number of allylic oxidation sites excluding steroid dienone is 5. The number of hydrogen-bond acceptors (Lipinski definition) is 5. The summed E-state index contributed by atoms with van der Waals surface area (Å²) in [6, 6.07) is -0.636. The molecule has 0 aliphatic carbocycles. The van der Waals surface area contributed by atoms with Crippen LogP contribution in [0, 0.1) is 0 Å². The van der Waals surface area contributed by atoms with Crippen molar-refractivity contribution in [2.24, 2.45) is 0 Å². The molecule has 0 bridgehead atoms. The van der Waals surface area contributed by atoms with Crippen molar-refractivity contribution in [3.8, 4) is 0 Å². The number of esters is 1. The monoisotopic (exact) mass is 1100 g/mol. The minimum absolute atomic E-state index is 0.00117. The molecule has 0 radical (unpaired) electrons. The van der Waals surface area contributed by atoms with Crippen LogP contribution in [0.1, 0.15) is 386 Å². The number of aliphatic hydroxyl groups is 2. The second-order valence-electron chi connectivity index (χ2n) is 24.2. The summed E-state index contributed by atoms with van der Waals surface area (Å²) in [5.41, 5.74) is 0. The van der Waals surface area contributed by atoms with Crippen LogP contribution in [-0.4, -0.2) is 47.4 Å². The van der Waals surface area contributed by atoms with Gasteiger partial charge in [0.2, 0.25) is 5.91 Å². The van der Waals surface area contributed by atoms with E-state index in [0.29, 0.717) is 19.4 Å². The Morgan fingerprint density at radius 3 is 0.910 bits per heavy atom. The molecule has 6 nitrogen and oxygen atoms in total. The summed E-state index contributed by atoms with van der Waals surface area (Å²) >= 11 is 0. The Morgan fingerprint density at radius 2 is 0.603 bits per heavy atom. The van der Waals surface area contributed by atoms with Crippen LogP contribution in [0.15, 0.2) is 36.5 Å². The van der Waals surface area contributed by atoms with Crippen LogP contribution in [0.5, 0.6) is 0 Å². The van der Waals surface area contributed by atoms with Gasteiger partial charge in [-0.1, -0.05) is 326 Å². The zero-order valence-electron chi connectivity index (χ0n) is 52.7. The lowest BCUT2D eigenvalue weighted by molar-refractivity contribution is -0.143. The first-order valence-corrected chi connectivity index (χ1v) is 35.3. The molecule has 0 rings (SSSR count). The third-order valence-electron chi connectivity index (χ3n) is 16.4. The lowest BCUT2D eigenvalue weighted by Gasteiger charge is -2.20. The van der Waals surface area contributed by atoms with Crippen LogP contribution in [0.3, 0.4) is 0 Å². The average Bonchev–Trinajstić information content (AvgIpc) is 3.44. The molecule has 78 heavy (non-hydrogen) atoms. The summed E-state index contributed by atoms with van der Waals surface area (Å²) < 4.78 is 5.49. The fraction of sp³-hybridized carbons (Fsp3) is 0.889. The number of amides is 1. The fourth-order valence-corrected chi connectivity index (χ4v) is 11.0. The highest BCUT2D eigenvalue weighted by atomic mass is 16.5. The number of nitrogens with one attached hydrogen (secondary N) is 1. The summed E-state index contributed by atoms with van der Waals surface area (Å²) in [4.78, 5) is 24.6. The lowest BCUT2D eigenvalue weighted by atomic mass is 10.0. The highest BCUT2D eigenvalue weighted by Crippen LogP contribution is 2.18. The molecule has 3 N–H and O–H groups in total. The van der Waals surface area contributed by atoms with E-state index < -0.39 is 12.1 Å². The molecule has 6 heteroatoms. The van der Waals surface area contributed by atoms with E-state index in [2.05, 4.69) is 43.5 Å². The molecule has 0 aromatic heterocycles. The van der Waals surface area contributed by atoms with E-state index in [4.69, 9.17) is 4.74 Å². The zero-order valence-corrected chi connectivity index (χ0v) is 52.7.